The summed E-state index contributed by atoms with van der Waals surface area (Å²) in [5.74, 6) is 1.79. The van der Waals surface area contributed by atoms with Crippen molar-refractivity contribution in [2.75, 3.05) is 12.0 Å². The number of carbonyl (C=O) groups is 2. The molecule has 4 nitrogen and oxygen atoms in total. The van der Waals surface area contributed by atoms with Crippen LogP contribution < -0.4 is 5.32 Å². The minimum absolute atomic E-state index is 0.0331. The fourth-order valence-corrected chi connectivity index (χ4v) is 5.11. The van der Waals surface area contributed by atoms with Crippen LogP contribution in [-0.2, 0) is 9.59 Å². The summed E-state index contributed by atoms with van der Waals surface area (Å²) in [7, 11) is 0. The first-order chi connectivity index (χ1) is 11.2. The number of nitrogens with zero attached hydrogens (tertiary/aromatic N) is 1. The fourth-order valence-electron chi connectivity index (χ4n) is 5.11. The smallest absolute Gasteiger partial charge is 0.235 e. The van der Waals surface area contributed by atoms with Crippen molar-refractivity contribution >= 4 is 17.5 Å². The first-order valence-electron chi connectivity index (χ1n) is 8.50. The van der Waals surface area contributed by atoms with Gasteiger partial charge in [-0.3, -0.25) is 14.5 Å². The molecule has 0 spiro atoms. The maximum Gasteiger partial charge on any atom is 0.235 e. The first-order valence-corrected chi connectivity index (χ1v) is 8.50. The van der Waals surface area contributed by atoms with Gasteiger partial charge in [0.2, 0.25) is 11.8 Å². The number of likely N-dealkylation sites (tertiary alicyclic amines) is 1. The average molecular weight is 308 g/mol. The predicted octanol–water partition coefficient (Wildman–Crippen LogP) is 2.42. The Morgan fingerprint density at radius 1 is 1.04 bits per heavy atom. The SMILES string of the molecule is Cc1ccccc1NCN1C(=O)[C@@H]2[C@@H]3C=C[C@H]([C@@H]4C[C@H]34)[C@H]2C1=O. The molecule has 1 aromatic carbocycles. The highest BCUT2D eigenvalue weighted by Crippen LogP contribution is 2.65. The second-order valence-corrected chi connectivity index (χ2v) is 7.41. The van der Waals surface area contributed by atoms with Crippen molar-refractivity contribution < 1.29 is 9.59 Å². The first kappa shape index (κ1) is 13.3. The number of rotatable bonds is 3. The molecule has 1 heterocycles. The molecule has 2 bridgehead atoms. The minimum atomic E-state index is -0.0973. The molecule has 4 heteroatoms. The molecule has 118 valence electrons. The van der Waals surface area contributed by atoms with E-state index in [2.05, 4.69) is 17.5 Å². The normalized spacial score (nSPS) is 39.4. The number of allylic oxidation sites excluding steroid dienone is 2. The third kappa shape index (κ3) is 1.72. The van der Waals surface area contributed by atoms with Crippen LogP contribution in [0.25, 0.3) is 0 Å². The molecule has 2 saturated carbocycles. The molecule has 1 aliphatic heterocycles. The van der Waals surface area contributed by atoms with E-state index in [4.69, 9.17) is 0 Å². The number of para-hydroxylation sites is 1. The lowest BCUT2D eigenvalue weighted by Gasteiger charge is -2.37. The molecule has 2 amide bonds. The van der Waals surface area contributed by atoms with Crippen molar-refractivity contribution in [1.29, 1.82) is 0 Å². The summed E-state index contributed by atoms with van der Waals surface area (Å²) in [6.07, 6.45) is 5.63. The Bertz CT molecular complexity index is 705. The molecule has 4 aliphatic carbocycles. The summed E-state index contributed by atoms with van der Waals surface area (Å²) >= 11 is 0. The van der Waals surface area contributed by atoms with Crippen LogP contribution in [0.3, 0.4) is 0 Å². The van der Waals surface area contributed by atoms with Gasteiger partial charge in [0.25, 0.3) is 0 Å². The van der Waals surface area contributed by atoms with Crippen LogP contribution in [0.2, 0.25) is 0 Å². The zero-order chi connectivity index (χ0) is 15.7. The molecular weight excluding hydrogens is 288 g/mol. The van der Waals surface area contributed by atoms with E-state index < -0.39 is 0 Å². The van der Waals surface area contributed by atoms with Gasteiger partial charge >= 0.3 is 0 Å². The maximum absolute atomic E-state index is 12.8. The van der Waals surface area contributed by atoms with Crippen molar-refractivity contribution in [3.05, 3.63) is 42.0 Å². The van der Waals surface area contributed by atoms with E-state index in [0.717, 1.165) is 11.3 Å². The van der Waals surface area contributed by atoms with Crippen molar-refractivity contribution in [2.45, 2.75) is 13.3 Å². The van der Waals surface area contributed by atoms with Crippen LogP contribution in [-0.4, -0.2) is 23.4 Å². The minimum Gasteiger partial charge on any atom is -0.367 e. The largest absolute Gasteiger partial charge is 0.367 e. The number of anilines is 1. The van der Waals surface area contributed by atoms with Gasteiger partial charge in [0.1, 0.15) is 0 Å². The van der Waals surface area contributed by atoms with Gasteiger partial charge in [-0.15, -0.1) is 0 Å². The molecule has 1 saturated heterocycles. The van der Waals surface area contributed by atoms with Crippen molar-refractivity contribution in [3.8, 4) is 0 Å². The predicted molar refractivity (Wildman–Crippen MR) is 86.2 cm³/mol. The summed E-state index contributed by atoms with van der Waals surface area (Å²) in [6, 6.07) is 7.94. The van der Waals surface area contributed by atoms with Crippen LogP contribution in [0.5, 0.6) is 0 Å². The second-order valence-electron chi connectivity index (χ2n) is 7.41. The van der Waals surface area contributed by atoms with Gasteiger partial charge in [-0.05, 0) is 48.6 Å². The fraction of sp³-hybridized carbons (Fsp3) is 0.474. The number of hydrogen-bond donors (Lipinski definition) is 1. The van der Waals surface area contributed by atoms with Crippen LogP contribution in [0, 0.1) is 42.4 Å². The quantitative estimate of drug-likeness (QED) is 0.689. The van der Waals surface area contributed by atoms with E-state index in [0.29, 0.717) is 23.7 Å². The number of carbonyl (C=O) groups excluding carboxylic acids is 2. The van der Waals surface area contributed by atoms with Gasteiger partial charge in [0.15, 0.2) is 0 Å². The van der Waals surface area contributed by atoms with Crippen molar-refractivity contribution in [2.24, 2.45) is 35.5 Å². The van der Waals surface area contributed by atoms with Gasteiger partial charge < -0.3 is 5.32 Å². The van der Waals surface area contributed by atoms with Crippen LogP contribution in [0.4, 0.5) is 5.69 Å². The Morgan fingerprint density at radius 2 is 1.65 bits per heavy atom. The summed E-state index contributed by atoms with van der Waals surface area (Å²) in [5, 5.41) is 3.26. The zero-order valence-corrected chi connectivity index (χ0v) is 13.1. The molecule has 23 heavy (non-hydrogen) atoms. The Balaban J connectivity index is 1.38. The Morgan fingerprint density at radius 3 is 2.26 bits per heavy atom. The molecule has 1 N–H and O–H groups in total. The van der Waals surface area contributed by atoms with Crippen LogP contribution >= 0.6 is 0 Å². The monoisotopic (exact) mass is 308 g/mol. The van der Waals surface area contributed by atoms with E-state index in [1.54, 1.807) is 0 Å². The van der Waals surface area contributed by atoms with Gasteiger partial charge in [-0.2, -0.15) is 0 Å². The van der Waals surface area contributed by atoms with Crippen LogP contribution in [0.15, 0.2) is 36.4 Å². The summed E-state index contributed by atoms with van der Waals surface area (Å²) in [4.78, 5) is 27.1. The third-order valence-corrected chi connectivity index (χ3v) is 6.33. The second kappa shape index (κ2) is 4.47. The number of imide groups is 1. The van der Waals surface area contributed by atoms with Crippen molar-refractivity contribution in [1.82, 2.24) is 4.90 Å². The molecule has 0 unspecified atom stereocenters. The lowest BCUT2D eigenvalue weighted by Crippen LogP contribution is -2.40. The summed E-state index contributed by atoms with van der Waals surface area (Å²) in [6.45, 7) is 2.30. The Labute approximate surface area is 135 Å². The average Bonchev–Trinajstić information content (AvgIpc) is 3.33. The highest BCUT2D eigenvalue weighted by atomic mass is 16.2. The molecule has 6 rings (SSSR count). The number of hydrogen-bond acceptors (Lipinski definition) is 3. The van der Waals surface area contributed by atoms with Crippen LogP contribution in [0.1, 0.15) is 12.0 Å². The molecule has 0 radical (unpaired) electrons. The molecule has 6 atom stereocenters. The molecular formula is C19H20N2O2. The number of amides is 2. The maximum atomic E-state index is 12.8. The number of aryl methyl sites for hydroxylation is 1. The number of nitrogens with one attached hydrogen (secondary N) is 1. The summed E-state index contributed by atoms with van der Waals surface area (Å²) < 4.78 is 0. The lowest BCUT2D eigenvalue weighted by atomic mass is 9.63. The zero-order valence-electron chi connectivity index (χ0n) is 13.1. The van der Waals surface area contributed by atoms with E-state index in [9.17, 15) is 9.59 Å². The molecule has 5 aliphatic rings. The Kier molecular flexibility index (Phi) is 2.59. The topological polar surface area (TPSA) is 49.4 Å². The van der Waals surface area contributed by atoms with Gasteiger partial charge in [-0.25, -0.2) is 0 Å². The Hall–Kier alpha value is -2.10. The number of benzene rings is 1. The molecule has 3 fully saturated rings. The van der Waals surface area contributed by atoms with Gasteiger partial charge in [0, 0.05) is 5.69 Å². The third-order valence-electron chi connectivity index (χ3n) is 6.33. The lowest BCUT2D eigenvalue weighted by molar-refractivity contribution is -0.139. The summed E-state index contributed by atoms with van der Waals surface area (Å²) in [5.41, 5.74) is 2.10. The standard InChI is InChI=1S/C19H20N2O2/c1-10-4-2-3-5-15(10)20-9-21-18(22)16-11-6-7-12(14-8-13(11)14)17(16)19(21)23/h2-7,11-14,16-17,20H,8-9H2,1H3/t11-,12-,13-,14+,16-,17-/m1/s1. The van der Waals surface area contributed by atoms with Gasteiger partial charge in [0.05, 0.1) is 18.5 Å². The van der Waals surface area contributed by atoms with E-state index >= 15 is 0 Å². The molecule has 1 aromatic rings. The highest BCUT2D eigenvalue weighted by Gasteiger charge is 2.66. The van der Waals surface area contributed by atoms with E-state index in [1.165, 1.54) is 11.3 Å². The highest BCUT2D eigenvalue weighted by molar-refractivity contribution is 6.06. The van der Waals surface area contributed by atoms with E-state index in [-0.39, 0.29) is 30.3 Å². The molecule has 0 aromatic heterocycles. The van der Waals surface area contributed by atoms with Gasteiger partial charge in [-0.1, -0.05) is 30.4 Å². The van der Waals surface area contributed by atoms with E-state index in [1.807, 2.05) is 31.2 Å². The van der Waals surface area contributed by atoms with Crippen molar-refractivity contribution in [3.63, 3.8) is 0 Å².